The Labute approximate surface area is 241 Å². The van der Waals surface area contributed by atoms with Crippen molar-refractivity contribution in [3.63, 3.8) is 0 Å². The SMILES string of the molecule is COc1ccc(N2C(=O)NC(=O)[C@@](Cc3ccc4c(c3)OCO4)(CN3C[C@@H]4C[C@@H](C3)c3cccc(=O)n3C4)C2=O)cc1. The van der Waals surface area contributed by atoms with Crippen LogP contribution in [0.5, 0.6) is 17.2 Å². The monoisotopic (exact) mass is 570 g/mol. The average Bonchev–Trinajstić information content (AvgIpc) is 3.45. The van der Waals surface area contributed by atoms with E-state index in [1.807, 2.05) is 16.7 Å². The van der Waals surface area contributed by atoms with E-state index >= 15 is 0 Å². The summed E-state index contributed by atoms with van der Waals surface area (Å²) in [7, 11) is 1.53. The second-order valence-corrected chi connectivity index (χ2v) is 11.4. The number of rotatable bonds is 6. The van der Waals surface area contributed by atoms with E-state index in [1.165, 1.54) is 7.11 Å². The summed E-state index contributed by atoms with van der Waals surface area (Å²) in [5.74, 6) is 0.781. The molecule has 0 radical (unpaired) electrons. The van der Waals surface area contributed by atoms with E-state index in [4.69, 9.17) is 14.2 Å². The number of anilines is 1. The van der Waals surface area contributed by atoms with Crippen LogP contribution < -0.4 is 30.0 Å². The standard InChI is InChI=1S/C31H30N4O7/c1-40-23-8-6-22(7-9-23)35-29(38)31(28(37)32-30(35)39,13-19-5-10-25-26(12-19)42-18-41-25)17-33-14-20-11-21(16-33)24-3-2-4-27(36)34(24)15-20/h2-10,12,20-21H,11,13-18H2,1H3,(H,32,37,39)/t20-,21-,31+/m0/s1. The minimum absolute atomic E-state index is 0.00888. The molecule has 1 aromatic heterocycles. The minimum atomic E-state index is -1.61. The molecule has 2 aromatic carbocycles. The highest BCUT2D eigenvalue weighted by molar-refractivity contribution is 6.30. The number of pyridine rings is 1. The van der Waals surface area contributed by atoms with Crippen LogP contribution in [0.1, 0.15) is 23.6 Å². The molecule has 1 N–H and O–H groups in total. The Morgan fingerprint density at radius 2 is 1.76 bits per heavy atom. The third kappa shape index (κ3) is 4.32. The molecule has 0 unspecified atom stereocenters. The molecule has 11 nitrogen and oxygen atoms in total. The Kier molecular flexibility index (Phi) is 6.27. The van der Waals surface area contributed by atoms with Crippen LogP contribution >= 0.6 is 0 Å². The number of hydrogen-bond donors (Lipinski definition) is 1. The lowest BCUT2D eigenvalue weighted by Crippen LogP contribution is -2.68. The molecular weight excluding hydrogens is 540 g/mol. The van der Waals surface area contributed by atoms with E-state index in [9.17, 15) is 19.2 Å². The van der Waals surface area contributed by atoms with E-state index in [2.05, 4.69) is 10.2 Å². The average molecular weight is 571 g/mol. The number of piperidine rings is 1. The molecule has 3 atom stereocenters. The van der Waals surface area contributed by atoms with Gasteiger partial charge in [0.25, 0.3) is 11.5 Å². The number of benzene rings is 2. The van der Waals surface area contributed by atoms with Gasteiger partial charge in [-0.05, 0) is 66.8 Å². The zero-order valence-corrected chi connectivity index (χ0v) is 23.1. The van der Waals surface area contributed by atoms with Crippen molar-refractivity contribution in [2.24, 2.45) is 11.3 Å². The van der Waals surface area contributed by atoms with Crippen molar-refractivity contribution >= 4 is 23.5 Å². The third-order valence-electron chi connectivity index (χ3n) is 8.79. The van der Waals surface area contributed by atoms with E-state index in [0.29, 0.717) is 48.1 Å². The number of methoxy groups -OCH3 is 1. The molecule has 42 heavy (non-hydrogen) atoms. The molecule has 4 amide bonds. The quantitative estimate of drug-likeness (QED) is 0.449. The van der Waals surface area contributed by atoms with Crippen LogP contribution in [0.3, 0.4) is 0 Å². The first-order chi connectivity index (χ1) is 20.3. The molecule has 0 saturated carbocycles. The van der Waals surface area contributed by atoms with Gasteiger partial charge in [0, 0.05) is 43.9 Å². The second kappa shape index (κ2) is 10.0. The highest BCUT2D eigenvalue weighted by Gasteiger charge is 2.56. The third-order valence-corrected chi connectivity index (χ3v) is 8.79. The number of imide groups is 2. The summed E-state index contributed by atoms with van der Waals surface area (Å²) in [6, 6.07) is 16.5. The molecular formula is C31H30N4O7. The highest BCUT2D eigenvalue weighted by Crippen LogP contribution is 2.41. The molecule has 2 bridgehead atoms. The first-order valence-electron chi connectivity index (χ1n) is 14.0. The number of hydrogen-bond acceptors (Lipinski definition) is 8. The van der Waals surface area contributed by atoms with Gasteiger partial charge in [-0.3, -0.25) is 19.7 Å². The molecule has 7 rings (SSSR count). The summed E-state index contributed by atoms with van der Waals surface area (Å²) in [6.07, 6.45) is 0.988. The minimum Gasteiger partial charge on any atom is -0.497 e. The van der Waals surface area contributed by atoms with Crippen LogP contribution in [-0.2, 0) is 22.6 Å². The Balaban J connectivity index is 1.26. The normalized spacial score (nSPS) is 24.8. The summed E-state index contributed by atoms with van der Waals surface area (Å²) in [6.45, 7) is 2.01. The van der Waals surface area contributed by atoms with Gasteiger partial charge in [0.15, 0.2) is 11.5 Å². The zero-order chi connectivity index (χ0) is 29.0. The summed E-state index contributed by atoms with van der Waals surface area (Å²) < 4.78 is 18.1. The molecule has 2 fully saturated rings. The maximum Gasteiger partial charge on any atom is 0.335 e. The van der Waals surface area contributed by atoms with Crippen LogP contribution in [0.2, 0.25) is 0 Å². The summed E-state index contributed by atoms with van der Waals surface area (Å²) in [5.41, 5.74) is 0.405. The van der Waals surface area contributed by atoms with E-state index < -0.39 is 23.3 Å². The molecule has 3 aromatic rings. The number of nitrogens with zero attached hydrogens (tertiary/aromatic N) is 3. The van der Waals surface area contributed by atoms with Crippen molar-refractivity contribution in [2.45, 2.75) is 25.3 Å². The van der Waals surface area contributed by atoms with Gasteiger partial charge in [-0.1, -0.05) is 12.1 Å². The van der Waals surface area contributed by atoms with E-state index in [0.717, 1.165) is 17.0 Å². The Morgan fingerprint density at radius 1 is 0.952 bits per heavy atom. The van der Waals surface area contributed by atoms with Crippen molar-refractivity contribution in [1.82, 2.24) is 14.8 Å². The van der Waals surface area contributed by atoms with Gasteiger partial charge < -0.3 is 23.7 Å². The van der Waals surface area contributed by atoms with Crippen LogP contribution in [0.15, 0.2) is 65.5 Å². The lowest BCUT2D eigenvalue weighted by molar-refractivity contribution is -0.144. The fraction of sp³-hybridized carbons (Fsp3) is 0.355. The smallest absolute Gasteiger partial charge is 0.335 e. The number of carbonyl (C=O) groups excluding carboxylic acids is 3. The Morgan fingerprint density at radius 3 is 2.57 bits per heavy atom. The molecule has 5 heterocycles. The summed E-state index contributed by atoms with van der Waals surface area (Å²) >= 11 is 0. The van der Waals surface area contributed by atoms with Crippen LogP contribution in [-0.4, -0.2) is 60.8 Å². The number of amides is 4. The van der Waals surface area contributed by atoms with Gasteiger partial charge in [0.05, 0.1) is 12.8 Å². The number of urea groups is 1. The van der Waals surface area contributed by atoms with Crippen LogP contribution in [0, 0.1) is 11.3 Å². The summed E-state index contributed by atoms with van der Waals surface area (Å²) in [4.78, 5) is 57.3. The van der Waals surface area contributed by atoms with Crippen molar-refractivity contribution in [3.8, 4) is 17.2 Å². The highest BCUT2D eigenvalue weighted by atomic mass is 16.7. The second-order valence-electron chi connectivity index (χ2n) is 11.4. The molecule has 0 spiro atoms. The number of aromatic nitrogens is 1. The zero-order valence-electron chi connectivity index (χ0n) is 23.1. The topological polar surface area (TPSA) is 119 Å². The van der Waals surface area contributed by atoms with Crippen molar-refractivity contribution in [3.05, 3.63) is 82.3 Å². The van der Waals surface area contributed by atoms with Crippen LogP contribution in [0.25, 0.3) is 0 Å². The number of nitrogens with one attached hydrogen (secondary N) is 1. The maximum atomic E-state index is 14.5. The fourth-order valence-electron chi connectivity index (χ4n) is 6.90. The molecule has 216 valence electrons. The largest absolute Gasteiger partial charge is 0.497 e. The molecule has 4 aliphatic heterocycles. The van der Waals surface area contributed by atoms with Crippen LogP contribution in [0.4, 0.5) is 10.5 Å². The van der Waals surface area contributed by atoms with Gasteiger partial charge >= 0.3 is 6.03 Å². The number of carbonyl (C=O) groups is 3. The van der Waals surface area contributed by atoms with Gasteiger partial charge in [0.2, 0.25) is 12.7 Å². The maximum absolute atomic E-state index is 14.5. The van der Waals surface area contributed by atoms with Crippen molar-refractivity contribution < 1.29 is 28.6 Å². The molecule has 2 saturated heterocycles. The Hall–Kier alpha value is -4.64. The van der Waals surface area contributed by atoms with E-state index in [1.54, 1.807) is 48.5 Å². The molecule has 4 aliphatic rings. The van der Waals surface area contributed by atoms with Gasteiger partial charge in [0.1, 0.15) is 11.2 Å². The van der Waals surface area contributed by atoms with Gasteiger partial charge in [-0.25, -0.2) is 9.69 Å². The fourth-order valence-corrected chi connectivity index (χ4v) is 6.90. The van der Waals surface area contributed by atoms with Gasteiger partial charge in [-0.15, -0.1) is 0 Å². The lowest BCUT2D eigenvalue weighted by Gasteiger charge is -2.47. The number of likely N-dealkylation sites (tertiary alicyclic amines) is 1. The van der Waals surface area contributed by atoms with Gasteiger partial charge in [-0.2, -0.15) is 0 Å². The predicted octanol–water partition coefficient (Wildman–Crippen LogP) is 2.52. The lowest BCUT2D eigenvalue weighted by atomic mass is 9.75. The van der Waals surface area contributed by atoms with Crippen molar-refractivity contribution in [1.29, 1.82) is 0 Å². The van der Waals surface area contributed by atoms with Crippen molar-refractivity contribution in [2.75, 3.05) is 38.4 Å². The first-order valence-corrected chi connectivity index (χ1v) is 14.0. The molecule has 0 aliphatic carbocycles. The predicted molar refractivity (Wildman–Crippen MR) is 151 cm³/mol. The number of fused-ring (bicyclic) bond motifs is 5. The molecule has 11 heteroatoms. The Bertz CT molecular complexity index is 1650. The number of ether oxygens (including phenoxy) is 3. The first kappa shape index (κ1) is 26.3. The van der Waals surface area contributed by atoms with E-state index in [-0.39, 0.29) is 37.2 Å². The number of barbiturate groups is 1. The summed E-state index contributed by atoms with van der Waals surface area (Å²) in [5, 5.41) is 2.48.